The van der Waals surface area contributed by atoms with E-state index in [2.05, 4.69) is 10.6 Å². The van der Waals surface area contributed by atoms with E-state index in [-0.39, 0.29) is 17.2 Å². The van der Waals surface area contributed by atoms with Gasteiger partial charge in [0.05, 0.1) is 4.92 Å². The number of nitrogens with one attached hydrogen (secondary N) is 2. The first kappa shape index (κ1) is 18.8. The lowest BCUT2D eigenvalue weighted by molar-refractivity contribution is -0.384. The van der Waals surface area contributed by atoms with Crippen LogP contribution in [0.1, 0.15) is 26.3 Å². The molecular weight excluding hydrogens is 358 g/mol. The van der Waals surface area contributed by atoms with Crippen LogP contribution in [0.15, 0.2) is 72.8 Å². The molecule has 3 aromatic rings. The van der Waals surface area contributed by atoms with Gasteiger partial charge < -0.3 is 10.6 Å². The number of rotatable bonds is 5. The van der Waals surface area contributed by atoms with Crippen molar-refractivity contribution in [2.75, 3.05) is 10.6 Å². The molecular formula is C21H17N3O4. The molecule has 0 aliphatic heterocycles. The Labute approximate surface area is 161 Å². The number of carbonyl (C=O) groups is 2. The van der Waals surface area contributed by atoms with E-state index in [0.717, 1.165) is 5.56 Å². The summed E-state index contributed by atoms with van der Waals surface area (Å²) in [7, 11) is 0. The van der Waals surface area contributed by atoms with Crippen molar-refractivity contribution in [3.63, 3.8) is 0 Å². The zero-order chi connectivity index (χ0) is 20.1. The number of nitro benzene ring substituents is 1. The summed E-state index contributed by atoms with van der Waals surface area (Å²) < 4.78 is 0. The van der Waals surface area contributed by atoms with Crippen molar-refractivity contribution in [1.82, 2.24) is 0 Å². The molecule has 7 heteroatoms. The fraction of sp³-hybridized carbons (Fsp3) is 0.0476. The van der Waals surface area contributed by atoms with Gasteiger partial charge in [0.1, 0.15) is 0 Å². The standard InChI is InChI=1S/C21H17N3O4/c1-14-5-9-17(10-6-14)22-20(25)15-7-11-18(12-8-15)23-21(26)16-3-2-4-19(13-16)24(27)28/h2-13H,1H3,(H,22,25)(H,23,26). The number of benzene rings is 3. The molecule has 0 aliphatic carbocycles. The topological polar surface area (TPSA) is 101 Å². The smallest absolute Gasteiger partial charge is 0.270 e. The van der Waals surface area contributed by atoms with Crippen molar-refractivity contribution in [1.29, 1.82) is 0 Å². The molecule has 0 aliphatic rings. The summed E-state index contributed by atoms with van der Waals surface area (Å²) in [4.78, 5) is 34.8. The maximum atomic E-state index is 12.3. The Kier molecular flexibility index (Phi) is 5.45. The fourth-order valence-electron chi connectivity index (χ4n) is 2.51. The molecule has 0 saturated carbocycles. The van der Waals surface area contributed by atoms with Gasteiger partial charge in [-0.15, -0.1) is 0 Å². The Morgan fingerprint density at radius 1 is 0.786 bits per heavy atom. The summed E-state index contributed by atoms with van der Waals surface area (Å²) in [6.45, 7) is 1.96. The van der Waals surface area contributed by atoms with Gasteiger partial charge in [-0.1, -0.05) is 23.8 Å². The first-order valence-electron chi connectivity index (χ1n) is 8.46. The number of nitrogens with zero attached hydrogens (tertiary/aromatic N) is 1. The van der Waals surface area contributed by atoms with Crippen LogP contribution in [-0.2, 0) is 0 Å². The third-order valence-electron chi connectivity index (χ3n) is 4.03. The second-order valence-corrected chi connectivity index (χ2v) is 6.16. The van der Waals surface area contributed by atoms with Gasteiger partial charge in [-0.25, -0.2) is 0 Å². The molecule has 0 unspecified atom stereocenters. The molecule has 3 rings (SSSR count). The number of hydrogen-bond donors (Lipinski definition) is 2. The normalized spacial score (nSPS) is 10.2. The Bertz CT molecular complexity index is 1030. The highest BCUT2D eigenvalue weighted by Crippen LogP contribution is 2.17. The maximum Gasteiger partial charge on any atom is 0.270 e. The summed E-state index contributed by atoms with van der Waals surface area (Å²) in [5, 5.41) is 16.3. The predicted octanol–water partition coefficient (Wildman–Crippen LogP) is 4.41. The molecule has 0 bridgehead atoms. The summed E-state index contributed by atoms with van der Waals surface area (Å²) in [5.41, 5.74) is 2.73. The Morgan fingerprint density at radius 2 is 1.32 bits per heavy atom. The highest BCUT2D eigenvalue weighted by Gasteiger charge is 2.12. The van der Waals surface area contributed by atoms with E-state index in [4.69, 9.17) is 0 Å². The van der Waals surface area contributed by atoms with Crippen molar-refractivity contribution < 1.29 is 14.5 Å². The lowest BCUT2D eigenvalue weighted by Crippen LogP contribution is -2.14. The molecule has 140 valence electrons. The van der Waals surface area contributed by atoms with Gasteiger partial charge in [0.2, 0.25) is 0 Å². The minimum atomic E-state index is -0.557. The minimum Gasteiger partial charge on any atom is -0.322 e. The monoisotopic (exact) mass is 375 g/mol. The van der Waals surface area contributed by atoms with Gasteiger partial charge in [0.15, 0.2) is 0 Å². The van der Waals surface area contributed by atoms with Crippen LogP contribution in [0, 0.1) is 17.0 Å². The zero-order valence-corrected chi connectivity index (χ0v) is 15.0. The molecule has 0 aromatic heterocycles. The van der Waals surface area contributed by atoms with E-state index in [1.807, 2.05) is 31.2 Å². The lowest BCUT2D eigenvalue weighted by atomic mass is 10.1. The molecule has 0 radical (unpaired) electrons. The number of anilines is 2. The van der Waals surface area contributed by atoms with Crippen LogP contribution in [0.4, 0.5) is 17.1 Å². The first-order chi connectivity index (χ1) is 13.4. The molecule has 0 atom stereocenters. The third-order valence-corrected chi connectivity index (χ3v) is 4.03. The van der Waals surface area contributed by atoms with Crippen molar-refractivity contribution in [2.45, 2.75) is 6.92 Å². The van der Waals surface area contributed by atoms with E-state index in [1.54, 1.807) is 24.3 Å². The molecule has 2 amide bonds. The summed E-state index contributed by atoms with van der Waals surface area (Å²) >= 11 is 0. The van der Waals surface area contributed by atoms with E-state index < -0.39 is 10.8 Å². The second-order valence-electron chi connectivity index (χ2n) is 6.16. The van der Waals surface area contributed by atoms with Crippen molar-refractivity contribution in [3.05, 3.63) is 99.6 Å². The van der Waals surface area contributed by atoms with Crippen molar-refractivity contribution >= 4 is 28.9 Å². The molecule has 3 aromatic carbocycles. The molecule has 28 heavy (non-hydrogen) atoms. The molecule has 0 fully saturated rings. The number of amides is 2. The number of aryl methyl sites for hydroxylation is 1. The van der Waals surface area contributed by atoms with Gasteiger partial charge in [-0.2, -0.15) is 0 Å². The number of non-ortho nitro benzene ring substituents is 1. The van der Waals surface area contributed by atoms with Gasteiger partial charge >= 0.3 is 0 Å². The lowest BCUT2D eigenvalue weighted by Gasteiger charge is -2.08. The number of carbonyl (C=O) groups excluding carboxylic acids is 2. The van der Waals surface area contributed by atoms with Crippen LogP contribution >= 0.6 is 0 Å². The molecule has 0 heterocycles. The first-order valence-corrected chi connectivity index (χ1v) is 8.46. The number of nitro groups is 1. The molecule has 2 N–H and O–H groups in total. The van der Waals surface area contributed by atoms with Gasteiger partial charge in [0.25, 0.3) is 17.5 Å². The summed E-state index contributed by atoms with van der Waals surface area (Å²) in [6, 6.07) is 19.3. The van der Waals surface area contributed by atoms with E-state index in [1.165, 1.54) is 24.3 Å². The Balaban J connectivity index is 1.66. The van der Waals surface area contributed by atoms with Crippen LogP contribution < -0.4 is 10.6 Å². The van der Waals surface area contributed by atoms with Gasteiger partial charge in [-0.05, 0) is 49.4 Å². The average molecular weight is 375 g/mol. The zero-order valence-electron chi connectivity index (χ0n) is 15.0. The largest absolute Gasteiger partial charge is 0.322 e. The fourth-order valence-corrected chi connectivity index (χ4v) is 2.51. The minimum absolute atomic E-state index is 0.157. The molecule has 7 nitrogen and oxygen atoms in total. The highest BCUT2D eigenvalue weighted by molar-refractivity contribution is 6.06. The van der Waals surface area contributed by atoms with Crippen LogP contribution in [0.5, 0.6) is 0 Å². The van der Waals surface area contributed by atoms with Crippen LogP contribution in [0.25, 0.3) is 0 Å². The predicted molar refractivity (Wildman–Crippen MR) is 107 cm³/mol. The molecule has 0 spiro atoms. The van der Waals surface area contributed by atoms with E-state index in [9.17, 15) is 19.7 Å². The Hall–Kier alpha value is -4.00. The van der Waals surface area contributed by atoms with Gasteiger partial charge in [0, 0.05) is 34.6 Å². The third kappa shape index (κ3) is 4.59. The quantitative estimate of drug-likeness (QED) is 0.509. The second kappa shape index (κ2) is 8.13. The van der Waals surface area contributed by atoms with Crippen molar-refractivity contribution in [2.24, 2.45) is 0 Å². The number of hydrogen-bond acceptors (Lipinski definition) is 4. The SMILES string of the molecule is Cc1ccc(NC(=O)c2ccc(NC(=O)c3cccc([N+](=O)[O-])c3)cc2)cc1. The van der Waals surface area contributed by atoms with Crippen LogP contribution in [0.2, 0.25) is 0 Å². The molecule has 0 saturated heterocycles. The maximum absolute atomic E-state index is 12.3. The van der Waals surface area contributed by atoms with E-state index in [0.29, 0.717) is 16.9 Å². The van der Waals surface area contributed by atoms with Crippen LogP contribution in [-0.4, -0.2) is 16.7 Å². The highest BCUT2D eigenvalue weighted by atomic mass is 16.6. The van der Waals surface area contributed by atoms with Crippen LogP contribution in [0.3, 0.4) is 0 Å². The summed E-state index contributed by atoms with van der Waals surface area (Å²) in [6.07, 6.45) is 0. The van der Waals surface area contributed by atoms with E-state index >= 15 is 0 Å². The van der Waals surface area contributed by atoms with Gasteiger partial charge in [-0.3, -0.25) is 19.7 Å². The average Bonchev–Trinajstić information content (AvgIpc) is 2.70. The van der Waals surface area contributed by atoms with Crippen molar-refractivity contribution in [3.8, 4) is 0 Å². The summed E-state index contributed by atoms with van der Waals surface area (Å²) in [5.74, 6) is -0.735. The Morgan fingerprint density at radius 3 is 1.89 bits per heavy atom.